The molecule has 36 heavy (non-hydrogen) atoms. The molecule has 7 nitrogen and oxygen atoms in total. The first kappa shape index (κ1) is 28.9. The van der Waals surface area contributed by atoms with E-state index < -0.39 is 23.3 Å². The maximum atomic E-state index is 14.0. The zero-order valence-corrected chi connectivity index (χ0v) is 23.1. The summed E-state index contributed by atoms with van der Waals surface area (Å²) in [7, 11) is 0. The number of hydrogen-bond acceptors (Lipinski definition) is 4. The molecule has 0 heterocycles. The van der Waals surface area contributed by atoms with Gasteiger partial charge in [0, 0.05) is 11.2 Å². The van der Waals surface area contributed by atoms with Gasteiger partial charge in [0.1, 0.15) is 18.2 Å². The quantitative estimate of drug-likeness (QED) is 0.482. The molecule has 7 heteroatoms. The number of nitrogens with zero attached hydrogens (tertiary/aromatic N) is 1. The molecule has 2 N–H and O–H groups in total. The number of carbonyl (C=O) groups excluding carboxylic acids is 3. The molecule has 2 rings (SSSR count). The van der Waals surface area contributed by atoms with Gasteiger partial charge in [-0.25, -0.2) is 4.79 Å². The summed E-state index contributed by atoms with van der Waals surface area (Å²) in [5.74, 6) is -0.688. The molecule has 0 aliphatic rings. The lowest BCUT2D eigenvalue weighted by atomic mass is 9.91. The van der Waals surface area contributed by atoms with Crippen molar-refractivity contribution in [2.75, 3.05) is 11.9 Å². The summed E-state index contributed by atoms with van der Waals surface area (Å²) in [5.41, 5.74) is 2.85. The average Bonchev–Trinajstić information content (AvgIpc) is 2.77. The van der Waals surface area contributed by atoms with E-state index in [9.17, 15) is 14.4 Å². The third-order valence-corrected chi connectivity index (χ3v) is 6.29. The fourth-order valence-electron chi connectivity index (χ4n) is 4.04. The second kappa shape index (κ2) is 11.6. The molecule has 2 aromatic carbocycles. The largest absolute Gasteiger partial charge is 0.444 e. The lowest BCUT2D eigenvalue weighted by Crippen LogP contribution is -2.55. The first-order chi connectivity index (χ1) is 16.7. The molecule has 0 fully saturated rings. The van der Waals surface area contributed by atoms with Gasteiger partial charge in [-0.3, -0.25) is 9.59 Å². The van der Waals surface area contributed by atoms with E-state index in [1.54, 1.807) is 25.7 Å². The zero-order valence-electron chi connectivity index (χ0n) is 23.1. The van der Waals surface area contributed by atoms with E-state index in [1.165, 1.54) is 0 Å². The Morgan fingerprint density at radius 1 is 0.889 bits per heavy atom. The number of anilines is 1. The maximum Gasteiger partial charge on any atom is 0.408 e. The molecule has 0 aliphatic heterocycles. The van der Waals surface area contributed by atoms with E-state index in [2.05, 4.69) is 10.6 Å². The van der Waals surface area contributed by atoms with Crippen molar-refractivity contribution in [2.24, 2.45) is 0 Å². The highest BCUT2D eigenvalue weighted by atomic mass is 16.6. The van der Waals surface area contributed by atoms with Crippen LogP contribution in [-0.4, -0.2) is 40.5 Å². The number of hydrogen-bond donors (Lipinski definition) is 2. The van der Waals surface area contributed by atoms with Crippen LogP contribution in [0.1, 0.15) is 76.3 Å². The Morgan fingerprint density at radius 3 is 1.97 bits per heavy atom. The van der Waals surface area contributed by atoms with Gasteiger partial charge in [0.05, 0.1) is 0 Å². The molecule has 0 aliphatic carbocycles. The van der Waals surface area contributed by atoms with Crippen LogP contribution in [0.4, 0.5) is 10.5 Å². The first-order valence-electron chi connectivity index (χ1n) is 12.4. The number of benzene rings is 2. The van der Waals surface area contributed by atoms with E-state index in [0.29, 0.717) is 6.42 Å². The third-order valence-electron chi connectivity index (χ3n) is 6.29. The molecule has 0 bridgehead atoms. The second-order valence-corrected chi connectivity index (χ2v) is 10.8. The van der Waals surface area contributed by atoms with Gasteiger partial charge < -0.3 is 20.3 Å². The van der Waals surface area contributed by atoms with Crippen molar-refractivity contribution >= 4 is 23.6 Å². The Morgan fingerprint density at radius 2 is 1.44 bits per heavy atom. The normalized spacial score (nSPS) is 12.5. The minimum absolute atomic E-state index is 0.294. The summed E-state index contributed by atoms with van der Waals surface area (Å²) in [6, 6.07) is 12.5. The van der Waals surface area contributed by atoms with Crippen molar-refractivity contribution in [1.29, 1.82) is 0 Å². The van der Waals surface area contributed by atoms with E-state index in [1.807, 2.05) is 84.0 Å². The van der Waals surface area contributed by atoms with Crippen molar-refractivity contribution < 1.29 is 19.1 Å². The topological polar surface area (TPSA) is 87.7 Å². The van der Waals surface area contributed by atoms with Crippen LogP contribution in [0, 0.1) is 20.8 Å². The summed E-state index contributed by atoms with van der Waals surface area (Å²) >= 11 is 0. The lowest BCUT2D eigenvalue weighted by molar-refractivity contribution is -0.145. The highest BCUT2D eigenvalue weighted by molar-refractivity contribution is 5.99. The first-order valence-corrected chi connectivity index (χ1v) is 12.4. The SMILES string of the molecule is CCC(C)(C)N(C(=O)CNC(=O)OC(C)(C)C)C(C(=O)Nc1c(C)cccc1C)c1ccccc1C. The minimum Gasteiger partial charge on any atom is -0.444 e. The molecule has 3 amide bonds. The van der Waals surface area contributed by atoms with Crippen LogP contribution in [0.3, 0.4) is 0 Å². The van der Waals surface area contributed by atoms with Crippen LogP contribution in [-0.2, 0) is 14.3 Å². The van der Waals surface area contributed by atoms with Gasteiger partial charge in [0.15, 0.2) is 0 Å². The molecule has 0 spiro atoms. The number of rotatable bonds is 8. The van der Waals surface area contributed by atoms with Crippen LogP contribution < -0.4 is 10.6 Å². The molecule has 0 saturated heterocycles. The van der Waals surface area contributed by atoms with Gasteiger partial charge in [0.2, 0.25) is 5.91 Å². The second-order valence-electron chi connectivity index (χ2n) is 10.8. The van der Waals surface area contributed by atoms with Crippen LogP contribution in [0.15, 0.2) is 42.5 Å². The monoisotopic (exact) mass is 495 g/mol. The number of para-hydroxylation sites is 1. The maximum absolute atomic E-state index is 14.0. The summed E-state index contributed by atoms with van der Waals surface area (Å²) in [6.07, 6.45) is -0.0814. The van der Waals surface area contributed by atoms with Crippen molar-refractivity contribution in [3.63, 3.8) is 0 Å². The van der Waals surface area contributed by atoms with Crippen LogP contribution in [0.2, 0.25) is 0 Å². The fraction of sp³-hybridized carbons (Fsp3) is 0.483. The van der Waals surface area contributed by atoms with Gasteiger partial charge in [-0.15, -0.1) is 0 Å². The number of carbonyl (C=O) groups is 3. The molecular formula is C29H41N3O4. The Hall–Kier alpha value is -3.35. The number of amides is 3. The predicted molar refractivity (Wildman–Crippen MR) is 144 cm³/mol. The molecule has 1 atom stereocenters. The van der Waals surface area contributed by atoms with E-state index in [-0.39, 0.29) is 18.4 Å². The Bertz CT molecular complexity index is 1080. The van der Waals surface area contributed by atoms with Gasteiger partial charge in [0.25, 0.3) is 5.91 Å². The van der Waals surface area contributed by atoms with Crippen LogP contribution in [0.25, 0.3) is 0 Å². The molecule has 0 saturated carbocycles. The van der Waals surface area contributed by atoms with Gasteiger partial charge in [-0.2, -0.15) is 0 Å². The molecule has 2 aromatic rings. The Labute approximate surface area is 215 Å². The molecule has 1 unspecified atom stereocenters. The molecule has 0 aromatic heterocycles. The van der Waals surface area contributed by atoms with Crippen LogP contribution in [0.5, 0.6) is 0 Å². The van der Waals surface area contributed by atoms with E-state index in [4.69, 9.17) is 4.74 Å². The molecular weight excluding hydrogens is 454 g/mol. The smallest absolute Gasteiger partial charge is 0.408 e. The highest BCUT2D eigenvalue weighted by Crippen LogP contribution is 2.34. The average molecular weight is 496 g/mol. The zero-order chi connectivity index (χ0) is 27.3. The standard InChI is InChI=1S/C29H41N3O4/c1-10-29(8,9)32(23(33)18-30-27(35)36-28(5,6)7)25(22-17-12-11-14-19(22)2)26(34)31-24-20(3)15-13-16-21(24)4/h11-17,25H,10,18H2,1-9H3,(H,30,35)(H,31,34). The number of ether oxygens (including phenoxy) is 1. The summed E-state index contributed by atoms with van der Waals surface area (Å²) in [4.78, 5) is 41.6. The summed E-state index contributed by atoms with van der Waals surface area (Å²) in [5, 5.41) is 5.65. The molecule has 0 radical (unpaired) electrons. The third kappa shape index (κ3) is 7.33. The predicted octanol–water partition coefficient (Wildman–Crippen LogP) is 5.83. The Kier molecular flexibility index (Phi) is 9.30. The van der Waals surface area contributed by atoms with E-state index >= 15 is 0 Å². The van der Waals surface area contributed by atoms with Crippen LogP contribution >= 0.6 is 0 Å². The molecule has 196 valence electrons. The van der Waals surface area contributed by atoms with Gasteiger partial charge in [-0.05, 0) is 84.1 Å². The summed E-state index contributed by atoms with van der Waals surface area (Å²) < 4.78 is 5.30. The summed E-state index contributed by atoms with van der Waals surface area (Å²) in [6.45, 7) is 16.6. The fourth-order valence-corrected chi connectivity index (χ4v) is 4.04. The van der Waals surface area contributed by atoms with Crippen molar-refractivity contribution in [3.05, 3.63) is 64.7 Å². The van der Waals surface area contributed by atoms with Gasteiger partial charge in [-0.1, -0.05) is 49.4 Å². The number of alkyl carbamates (subject to hydrolysis) is 1. The number of aryl methyl sites for hydroxylation is 3. The highest BCUT2D eigenvalue weighted by Gasteiger charge is 2.40. The van der Waals surface area contributed by atoms with Crippen molar-refractivity contribution in [3.8, 4) is 0 Å². The Balaban J connectivity index is 2.53. The van der Waals surface area contributed by atoms with Crippen molar-refractivity contribution in [1.82, 2.24) is 10.2 Å². The minimum atomic E-state index is -0.909. The number of nitrogens with one attached hydrogen (secondary N) is 2. The van der Waals surface area contributed by atoms with E-state index in [0.717, 1.165) is 27.9 Å². The lowest BCUT2D eigenvalue weighted by Gasteiger charge is -2.43. The van der Waals surface area contributed by atoms with Crippen molar-refractivity contribution in [2.45, 2.75) is 85.9 Å². The van der Waals surface area contributed by atoms with Gasteiger partial charge >= 0.3 is 6.09 Å².